The topological polar surface area (TPSA) is 237 Å². The number of ether oxygens (including phenoxy) is 4. The minimum Gasteiger partial charge on any atom is -0.462 e. The van der Waals surface area contributed by atoms with Crippen molar-refractivity contribution in [3.05, 3.63) is 207 Å². The Morgan fingerprint density at radius 2 is 0.548 bits per heavy atom. The van der Waals surface area contributed by atoms with Crippen LogP contribution in [0.5, 0.6) is 0 Å². The SMILES string of the molecule is CC/C=C\C/C=C\C/C=C\C/C=C\C/C=C\CCCCCC(=O)OCC(COP(=O)(O)OCC(O)COP(=O)(O)OCC(COC(=O)C/C=C\C/C=C\C/C=C\C/C=C\C/C=C\CC)OC(=O)CCCCCCC/C=C\C/C=C\CCCCC)OC(=O)C/C=C\C/C=C\C/C=C\C/C=C\C/C=C\CC. The molecule has 3 N–H and O–H groups in total. The van der Waals surface area contributed by atoms with Crippen molar-refractivity contribution in [2.24, 2.45) is 0 Å². The number of rotatable bonds is 69. The van der Waals surface area contributed by atoms with Crippen LogP contribution in [0.1, 0.15) is 246 Å². The number of aliphatic hydroxyl groups excluding tert-OH is 1. The molecule has 0 amide bonds. The number of phosphoric acid groups is 2. The number of phosphoric ester groups is 2. The number of unbranched alkanes of at least 4 members (excludes halogenated alkanes) is 11. The number of hydrogen-bond acceptors (Lipinski definition) is 15. The molecule has 5 atom stereocenters. The lowest BCUT2D eigenvalue weighted by molar-refractivity contribution is -0.160. The number of carbonyl (C=O) groups is 4. The molecule has 0 saturated carbocycles. The maximum atomic E-state index is 13.1. The molecule has 0 rings (SSSR count). The van der Waals surface area contributed by atoms with Gasteiger partial charge in [-0.2, -0.15) is 0 Å². The molecule has 0 fully saturated rings. The van der Waals surface area contributed by atoms with Crippen LogP contribution in [0.2, 0.25) is 0 Å². The van der Waals surface area contributed by atoms with E-state index < -0.39 is 97.5 Å². The highest BCUT2D eigenvalue weighted by Gasteiger charge is 2.30. The predicted molar refractivity (Wildman–Crippen MR) is 426 cm³/mol. The molecule has 0 aromatic carbocycles. The van der Waals surface area contributed by atoms with Gasteiger partial charge in [0.1, 0.15) is 19.3 Å². The molecular formula is C85H132O17P2. The first-order valence-electron chi connectivity index (χ1n) is 38.3. The van der Waals surface area contributed by atoms with Gasteiger partial charge in [0, 0.05) is 12.8 Å². The molecule has 584 valence electrons. The van der Waals surface area contributed by atoms with E-state index in [1.165, 1.54) is 19.3 Å². The van der Waals surface area contributed by atoms with Crippen molar-refractivity contribution in [1.29, 1.82) is 0 Å². The molecule has 0 spiro atoms. The maximum Gasteiger partial charge on any atom is 0.472 e. The van der Waals surface area contributed by atoms with Crippen LogP contribution in [-0.4, -0.2) is 96.7 Å². The molecule has 0 aliphatic heterocycles. The van der Waals surface area contributed by atoms with Crippen molar-refractivity contribution < 1.29 is 80.2 Å². The van der Waals surface area contributed by atoms with Gasteiger partial charge in [-0.05, 0) is 154 Å². The van der Waals surface area contributed by atoms with Gasteiger partial charge in [-0.15, -0.1) is 0 Å². The highest BCUT2D eigenvalue weighted by atomic mass is 31.2. The Morgan fingerprint density at radius 3 is 0.904 bits per heavy atom. The molecule has 0 aliphatic rings. The summed E-state index contributed by atoms with van der Waals surface area (Å²) in [5.74, 6) is -2.55. The summed E-state index contributed by atoms with van der Waals surface area (Å²) in [6.07, 6.45) is 93.1. The zero-order valence-corrected chi connectivity index (χ0v) is 65.4. The molecule has 0 aliphatic carbocycles. The van der Waals surface area contributed by atoms with Crippen LogP contribution in [0.15, 0.2) is 207 Å². The van der Waals surface area contributed by atoms with Crippen LogP contribution in [-0.2, 0) is 65.4 Å². The van der Waals surface area contributed by atoms with Gasteiger partial charge in [0.15, 0.2) is 12.2 Å². The van der Waals surface area contributed by atoms with Crippen LogP contribution in [0.4, 0.5) is 0 Å². The number of carbonyl (C=O) groups excluding carboxylic acids is 4. The van der Waals surface area contributed by atoms with Crippen molar-refractivity contribution in [2.75, 3.05) is 39.6 Å². The van der Waals surface area contributed by atoms with E-state index in [2.05, 4.69) is 186 Å². The van der Waals surface area contributed by atoms with Crippen LogP contribution in [0.3, 0.4) is 0 Å². The van der Waals surface area contributed by atoms with Crippen LogP contribution < -0.4 is 0 Å². The Bertz CT molecular complexity index is 2790. The fourth-order valence-corrected chi connectivity index (χ4v) is 10.6. The number of hydrogen-bond donors (Lipinski definition) is 3. The third-order valence-corrected chi connectivity index (χ3v) is 16.7. The van der Waals surface area contributed by atoms with Gasteiger partial charge in [0.05, 0.1) is 39.3 Å². The average Bonchev–Trinajstić information content (AvgIpc) is 0.918. The van der Waals surface area contributed by atoms with Gasteiger partial charge < -0.3 is 33.8 Å². The Labute approximate surface area is 627 Å². The summed E-state index contributed by atoms with van der Waals surface area (Å²) in [5.41, 5.74) is 0. The van der Waals surface area contributed by atoms with Gasteiger partial charge in [-0.1, -0.05) is 273 Å². The Kier molecular flexibility index (Phi) is 70.3. The molecule has 17 nitrogen and oxygen atoms in total. The monoisotopic (exact) mass is 1490 g/mol. The summed E-state index contributed by atoms with van der Waals surface area (Å²) in [5, 5.41) is 10.6. The summed E-state index contributed by atoms with van der Waals surface area (Å²) >= 11 is 0. The predicted octanol–water partition coefficient (Wildman–Crippen LogP) is 22.3. The largest absolute Gasteiger partial charge is 0.472 e. The van der Waals surface area contributed by atoms with E-state index in [0.717, 1.165) is 148 Å². The number of esters is 4. The van der Waals surface area contributed by atoms with Crippen LogP contribution in [0.25, 0.3) is 0 Å². The van der Waals surface area contributed by atoms with Crippen LogP contribution in [0, 0.1) is 0 Å². The summed E-state index contributed by atoms with van der Waals surface area (Å²) in [4.78, 5) is 72.8. The second kappa shape index (κ2) is 74.9. The lowest BCUT2D eigenvalue weighted by Crippen LogP contribution is -2.30. The standard InChI is InChI=1S/C85H132O17P2/c1-5-9-13-17-21-25-29-33-37-38-39-40-44-46-50-54-58-62-66-70-83(88)96-76-81(102-85(90)72-68-64-60-56-52-48-43-36-32-28-24-20-16-12-8-4)78-100-104(93,94)98-74-79(86)73-97-103(91,92)99-77-80(101-84(89)71-67-63-59-55-51-47-42-35-31-27-23-19-15-11-7-3)75-95-82(87)69-65-61-57-53-49-45-41-34-30-26-22-18-14-10-6-2/h9-10,12-14,16,21-28,33-37,39-43,46,49-50,52-53,56,61,64-65,68,79-81,86H,5-8,11,15,17-20,29-32,38,44-45,47-48,51,54-55,57-60,62-63,66-67,69-78H2,1-4H3,(H,91,92)(H,93,94)/b13-9-,14-10-,16-12-,25-21-,26-22-,27-23-,28-24-,37-33-,40-39-,41-34-,42-35-,43-36-,50-46-,53-49-,56-52-,65-61-,68-64-. The zero-order chi connectivity index (χ0) is 76.0. The fourth-order valence-electron chi connectivity index (χ4n) is 9.07. The van der Waals surface area contributed by atoms with E-state index in [1.807, 2.05) is 30.4 Å². The summed E-state index contributed by atoms with van der Waals surface area (Å²) in [6, 6.07) is 0. The molecule has 19 heteroatoms. The van der Waals surface area contributed by atoms with E-state index in [4.69, 9.17) is 37.0 Å². The minimum atomic E-state index is -5.03. The van der Waals surface area contributed by atoms with Crippen molar-refractivity contribution in [3.63, 3.8) is 0 Å². The van der Waals surface area contributed by atoms with Crippen LogP contribution >= 0.6 is 15.6 Å². The maximum absolute atomic E-state index is 13.1. The van der Waals surface area contributed by atoms with Crippen molar-refractivity contribution in [1.82, 2.24) is 0 Å². The highest BCUT2D eigenvalue weighted by Crippen LogP contribution is 2.45. The molecule has 0 saturated heterocycles. The Morgan fingerprint density at radius 1 is 0.288 bits per heavy atom. The molecule has 0 bridgehead atoms. The zero-order valence-electron chi connectivity index (χ0n) is 63.6. The van der Waals surface area contributed by atoms with Crippen molar-refractivity contribution in [3.8, 4) is 0 Å². The molecule has 5 unspecified atom stereocenters. The first kappa shape index (κ1) is 97.6. The van der Waals surface area contributed by atoms with E-state index in [9.17, 15) is 43.2 Å². The molecule has 0 aromatic heterocycles. The Balaban J connectivity index is 5.56. The average molecular weight is 1490 g/mol. The lowest BCUT2D eigenvalue weighted by Gasteiger charge is -2.21. The normalized spacial score (nSPS) is 15.0. The van der Waals surface area contributed by atoms with E-state index in [1.54, 1.807) is 18.2 Å². The molecule has 104 heavy (non-hydrogen) atoms. The number of allylic oxidation sites excluding steroid dienone is 32. The third kappa shape index (κ3) is 73.9. The molecule has 0 aromatic rings. The van der Waals surface area contributed by atoms with Crippen molar-refractivity contribution >= 4 is 39.5 Å². The van der Waals surface area contributed by atoms with E-state index >= 15 is 0 Å². The fraction of sp³-hybridized carbons (Fsp3) is 0.553. The number of aliphatic hydroxyl groups is 1. The lowest BCUT2D eigenvalue weighted by atomic mass is 10.1. The first-order chi connectivity index (χ1) is 50.7. The molecule has 0 heterocycles. The third-order valence-electron chi connectivity index (χ3n) is 14.8. The van der Waals surface area contributed by atoms with Gasteiger partial charge in [-0.25, -0.2) is 9.13 Å². The Hall–Kier alpha value is -6.36. The highest BCUT2D eigenvalue weighted by molar-refractivity contribution is 7.47. The van der Waals surface area contributed by atoms with Gasteiger partial charge >= 0.3 is 39.5 Å². The summed E-state index contributed by atoms with van der Waals surface area (Å²) < 4.78 is 68.2. The summed E-state index contributed by atoms with van der Waals surface area (Å²) in [6.45, 7) is 4.17. The van der Waals surface area contributed by atoms with E-state index in [-0.39, 0.29) is 25.7 Å². The summed E-state index contributed by atoms with van der Waals surface area (Å²) in [7, 11) is -10.0. The minimum absolute atomic E-state index is 0.0479. The molecular weight excluding hydrogens is 1350 g/mol. The quantitative estimate of drug-likeness (QED) is 0.0169. The van der Waals surface area contributed by atoms with E-state index in [0.29, 0.717) is 25.7 Å². The molecule has 0 radical (unpaired) electrons. The second-order valence-electron chi connectivity index (χ2n) is 24.5. The van der Waals surface area contributed by atoms with Gasteiger partial charge in [0.2, 0.25) is 0 Å². The smallest absolute Gasteiger partial charge is 0.462 e. The van der Waals surface area contributed by atoms with Gasteiger partial charge in [0.25, 0.3) is 0 Å². The van der Waals surface area contributed by atoms with Crippen molar-refractivity contribution in [2.45, 2.75) is 264 Å². The first-order valence-corrected chi connectivity index (χ1v) is 41.3. The second-order valence-corrected chi connectivity index (χ2v) is 27.4. The van der Waals surface area contributed by atoms with Gasteiger partial charge in [-0.3, -0.25) is 37.3 Å².